The summed E-state index contributed by atoms with van der Waals surface area (Å²) in [5.41, 5.74) is 4.86. The van der Waals surface area contributed by atoms with Gasteiger partial charge in [0.15, 0.2) is 5.78 Å². The van der Waals surface area contributed by atoms with E-state index >= 15 is 0 Å². The third-order valence-corrected chi connectivity index (χ3v) is 4.53. The van der Waals surface area contributed by atoms with Crippen molar-refractivity contribution in [2.75, 3.05) is 0 Å². The summed E-state index contributed by atoms with van der Waals surface area (Å²) < 4.78 is 0. The molecule has 0 saturated heterocycles. The minimum absolute atomic E-state index is 0.200. The Labute approximate surface area is 105 Å². The van der Waals surface area contributed by atoms with E-state index in [2.05, 4.69) is 20.8 Å². The van der Waals surface area contributed by atoms with Gasteiger partial charge in [0.05, 0.1) is 0 Å². The van der Waals surface area contributed by atoms with Gasteiger partial charge in [-0.3, -0.25) is 4.79 Å². The van der Waals surface area contributed by atoms with Crippen LogP contribution in [0.4, 0.5) is 0 Å². The van der Waals surface area contributed by atoms with E-state index < -0.39 is 0 Å². The van der Waals surface area contributed by atoms with Crippen molar-refractivity contribution < 1.29 is 4.79 Å². The maximum atomic E-state index is 11.3. The van der Waals surface area contributed by atoms with Gasteiger partial charge in [0.2, 0.25) is 0 Å². The number of allylic oxidation sites excluding steroid dienone is 4. The van der Waals surface area contributed by atoms with Crippen LogP contribution in [0.3, 0.4) is 0 Å². The molecule has 17 heavy (non-hydrogen) atoms. The van der Waals surface area contributed by atoms with Crippen LogP contribution in [-0.4, -0.2) is 5.78 Å². The van der Waals surface area contributed by atoms with Gasteiger partial charge in [0, 0.05) is 0 Å². The minimum atomic E-state index is 0.200. The van der Waals surface area contributed by atoms with Gasteiger partial charge in [-0.1, -0.05) is 32.8 Å². The molecule has 0 amide bonds. The predicted octanol–water partition coefficient (Wildman–Crippen LogP) is 4.44. The van der Waals surface area contributed by atoms with Gasteiger partial charge < -0.3 is 0 Å². The summed E-state index contributed by atoms with van der Waals surface area (Å²) in [6.07, 6.45) is 7.88. The van der Waals surface area contributed by atoms with Gasteiger partial charge in [0.1, 0.15) is 0 Å². The molecule has 0 radical (unpaired) electrons. The molecule has 1 heteroatoms. The molecule has 0 aliphatic heterocycles. The molecule has 0 aromatic rings. The SMILES string of the molecule is CCC1CC2=C(C1)C(C)(C)CC/C2=C\C(C)=O. The molecule has 0 bridgehead atoms. The predicted molar refractivity (Wildman–Crippen MR) is 71.8 cm³/mol. The second-order valence-electron chi connectivity index (χ2n) is 6.30. The maximum absolute atomic E-state index is 11.3. The topological polar surface area (TPSA) is 17.1 Å². The molecule has 94 valence electrons. The van der Waals surface area contributed by atoms with E-state index in [4.69, 9.17) is 0 Å². The zero-order valence-corrected chi connectivity index (χ0v) is 11.6. The standard InChI is InChI=1S/C16H24O/c1-5-12-9-14-13(8-11(2)17)6-7-16(3,4)15(14)10-12/h8,12H,5-7,9-10H2,1-4H3/b13-8+. The van der Waals surface area contributed by atoms with Crippen molar-refractivity contribution in [1.29, 1.82) is 0 Å². The highest BCUT2D eigenvalue weighted by atomic mass is 16.1. The molecule has 2 aliphatic rings. The van der Waals surface area contributed by atoms with E-state index in [9.17, 15) is 4.79 Å². The number of hydrogen-bond acceptors (Lipinski definition) is 1. The lowest BCUT2D eigenvalue weighted by Crippen LogP contribution is -2.20. The fraction of sp³-hybridized carbons (Fsp3) is 0.688. The van der Waals surface area contributed by atoms with Crippen LogP contribution in [0.25, 0.3) is 0 Å². The maximum Gasteiger partial charge on any atom is 0.152 e. The van der Waals surface area contributed by atoms with Crippen molar-refractivity contribution in [3.8, 4) is 0 Å². The molecular formula is C16H24O. The van der Waals surface area contributed by atoms with Gasteiger partial charge in [-0.05, 0) is 61.2 Å². The highest BCUT2D eigenvalue weighted by Crippen LogP contribution is 2.52. The first-order valence-electron chi connectivity index (χ1n) is 6.88. The number of carbonyl (C=O) groups is 1. The average molecular weight is 232 g/mol. The third-order valence-electron chi connectivity index (χ3n) is 4.53. The van der Waals surface area contributed by atoms with Crippen molar-refractivity contribution in [2.24, 2.45) is 11.3 Å². The number of carbonyl (C=O) groups excluding carboxylic acids is 1. The lowest BCUT2D eigenvalue weighted by atomic mass is 9.71. The fourth-order valence-corrected chi connectivity index (χ4v) is 3.35. The third kappa shape index (κ3) is 2.38. The zero-order valence-electron chi connectivity index (χ0n) is 11.6. The molecule has 0 N–H and O–H groups in total. The lowest BCUT2D eigenvalue weighted by molar-refractivity contribution is -0.112. The highest BCUT2D eigenvalue weighted by Gasteiger charge is 2.37. The van der Waals surface area contributed by atoms with Crippen LogP contribution in [0.15, 0.2) is 22.8 Å². The first kappa shape index (κ1) is 12.6. The summed E-state index contributed by atoms with van der Waals surface area (Å²) in [5, 5.41) is 0. The van der Waals surface area contributed by atoms with Crippen molar-refractivity contribution in [2.45, 2.75) is 59.8 Å². The summed E-state index contributed by atoms with van der Waals surface area (Å²) in [7, 11) is 0. The fourth-order valence-electron chi connectivity index (χ4n) is 3.35. The highest BCUT2D eigenvalue weighted by molar-refractivity contribution is 5.89. The monoisotopic (exact) mass is 232 g/mol. The van der Waals surface area contributed by atoms with Crippen LogP contribution >= 0.6 is 0 Å². The largest absolute Gasteiger partial charge is 0.295 e. The van der Waals surface area contributed by atoms with Crippen LogP contribution < -0.4 is 0 Å². The number of ketones is 1. The summed E-state index contributed by atoms with van der Waals surface area (Å²) in [5.74, 6) is 1.01. The van der Waals surface area contributed by atoms with Crippen molar-refractivity contribution >= 4 is 5.78 Å². The van der Waals surface area contributed by atoms with E-state index in [0.29, 0.717) is 5.41 Å². The zero-order chi connectivity index (χ0) is 12.6. The van der Waals surface area contributed by atoms with Crippen molar-refractivity contribution in [1.82, 2.24) is 0 Å². The molecule has 1 nitrogen and oxygen atoms in total. The van der Waals surface area contributed by atoms with Gasteiger partial charge >= 0.3 is 0 Å². The molecule has 0 saturated carbocycles. The van der Waals surface area contributed by atoms with Crippen LogP contribution in [0, 0.1) is 11.3 Å². The normalized spacial score (nSPS) is 29.6. The summed E-state index contributed by atoms with van der Waals surface area (Å²) in [6, 6.07) is 0. The van der Waals surface area contributed by atoms with Gasteiger partial charge in [-0.15, -0.1) is 0 Å². The molecule has 2 aliphatic carbocycles. The van der Waals surface area contributed by atoms with Gasteiger partial charge in [-0.2, -0.15) is 0 Å². The molecule has 1 unspecified atom stereocenters. The Balaban J connectivity index is 2.37. The molecule has 0 aromatic carbocycles. The quantitative estimate of drug-likeness (QED) is 0.643. The van der Waals surface area contributed by atoms with Crippen molar-refractivity contribution in [3.05, 3.63) is 22.8 Å². The molecule has 0 fully saturated rings. The molecule has 1 atom stereocenters. The van der Waals surface area contributed by atoms with E-state index in [1.165, 1.54) is 36.8 Å². The van der Waals surface area contributed by atoms with Crippen LogP contribution in [0.2, 0.25) is 0 Å². The second-order valence-corrected chi connectivity index (χ2v) is 6.30. The molecule has 0 spiro atoms. The smallest absolute Gasteiger partial charge is 0.152 e. The Bertz CT molecular complexity index is 396. The Morgan fingerprint density at radius 2 is 2.12 bits per heavy atom. The first-order valence-corrected chi connectivity index (χ1v) is 6.88. The van der Waals surface area contributed by atoms with E-state index in [-0.39, 0.29) is 5.78 Å². The average Bonchev–Trinajstić information content (AvgIpc) is 2.67. The molecule has 0 aromatic heterocycles. The Morgan fingerprint density at radius 3 is 2.71 bits per heavy atom. The molecular weight excluding hydrogens is 208 g/mol. The van der Waals surface area contributed by atoms with E-state index in [1.54, 1.807) is 12.5 Å². The first-order chi connectivity index (χ1) is 7.94. The van der Waals surface area contributed by atoms with Crippen molar-refractivity contribution in [3.63, 3.8) is 0 Å². The van der Waals surface area contributed by atoms with Crippen LogP contribution in [-0.2, 0) is 4.79 Å². The Hall–Kier alpha value is -0.850. The second kappa shape index (κ2) is 4.44. The Kier molecular flexibility index (Phi) is 3.29. The van der Waals surface area contributed by atoms with Crippen LogP contribution in [0.5, 0.6) is 0 Å². The van der Waals surface area contributed by atoms with Gasteiger partial charge in [-0.25, -0.2) is 0 Å². The van der Waals surface area contributed by atoms with E-state index in [1.807, 2.05) is 6.08 Å². The molecule has 2 rings (SSSR count). The summed E-state index contributed by atoms with van der Waals surface area (Å²) in [6.45, 7) is 8.68. The number of hydrogen-bond donors (Lipinski definition) is 0. The Morgan fingerprint density at radius 1 is 1.41 bits per heavy atom. The number of rotatable bonds is 2. The summed E-state index contributed by atoms with van der Waals surface area (Å²) >= 11 is 0. The minimum Gasteiger partial charge on any atom is -0.295 e. The van der Waals surface area contributed by atoms with Gasteiger partial charge in [0.25, 0.3) is 0 Å². The van der Waals surface area contributed by atoms with E-state index in [0.717, 1.165) is 12.3 Å². The summed E-state index contributed by atoms with van der Waals surface area (Å²) in [4.78, 5) is 11.3. The molecule has 0 heterocycles. The lowest BCUT2D eigenvalue weighted by Gasteiger charge is -2.33. The van der Waals surface area contributed by atoms with Crippen LogP contribution in [0.1, 0.15) is 59.8 Å².